The van der Waals surface area contributed by atoms with Gasteiger partial charge in [0.25, 0.3) is 0 Å². The lowest BCUT2D eigenvalue weighted by atomic mass is 9.89. The highest BCUT2D eigenvalue weighted by atomic mass is 14.8. The molecule has 1 heteroatoms. The van der Waals surface area contributed by atoms with Gasteiger partial charge in [-0.05, 0) is 50.2 Å². The molecule has 1 saturated carbocycles. The minimum Gasteiger partial charge on any atom is -0.258 e. The van der Waals surface area contributed by atoms with Crippen LogP contribution in [0.3, 0.4) is 0 Å². The highest BCUT2D eigenvalue weighted by molar-refractivity contribution is 5.87. The summed E-state index contributed by atoms with van der Waals surface area (Å²) in [6.45, 7) is 4.47. The molecule has 0 aliphatic heterocycles. The molecule has 0 bridgehead atoms. The van der Waals surface area contributed by atoms with Crippen molar-refractivity contribution in [3.05, 3.63) is 29.8 Å². The quantitative estimate of drug-likeness (QED) is 0.643. The number of aliphatic imine (C=N–C) groups is 1. The van der Waals surface area contributed by atoms with Gasteiger partial charge in [-0.2, -0.15) is 0 Å². The Bertz CT molecular complexity index is 355. The molecule has 0 heterocycles. The fraction of sp³-hybridized carbons (Fsp3) is 0.500. The zero-order valence-corrected chi connectivity index (χ0v) is 9.66. The van der Waals surface area contributed by atoms with Crippen molar-refractivity contribution < 1.29 is 0 Å². The Labute approximate surface area is 92.2 Å². The molecule has 0 radical (unpaired) electrons. The summed E-state index contributed by atoms with van der Waals surface area (Å²) < 4.78 is 0. The molecule has 1 aromatic carbocycles. The highest BCUT2D eigenvalue weighted by Gasteiger charge is 2.13. The summed E-state index contributed by atoms with van der Waals surface area (Å²) in [5.41, 5.74) is 3.83. The molecule has 0 aromatic heterocycles. The number of hydrogen-bond donors (Lipinski definition) is 0. The fourth-order valence-corrected chi connectivity index (χ4v) is 2.07. The molecule has 80 valence electrons. The van der Waals surface area contributed by atoms with E-state index in [2.05, 4.69) is 38.1 Å². The zero-order chi connectivity index (χ0) is 10.7. The fourth-order valence-electron chi connectivity index (χ4n) is 2.07. The third kappa shape index (κ3) is 2.68. The van der Waals surface area contributed by atoms with Crippen LogP contribution in [0.15, 0.2) is 29.3 Å². The molecule has 0 saturated heterocycles. The molecule has 1 aromatic rings. The molecule has 0 unspecified atom stereocenters. The number of rotatable bonds is 1. The van der Waals surface area contributed by atoms with Crippen molar-refractivity contribution in [1.29, 1.82) is 0 Å². The predicted molar refractivity (Wildman–Crippen MR) is 65.9 cm³/mol. The molecule has 1 aliphatic rings. The van der Waals surface area contributed by atoms with Crippen molar-refractivity contribution in [3.8, 4) is 0 Å². The second kappa shape index (κ2) is 4.61. The maximum Gasteiger partial charge on any atom is 0.0658 e. The number of aryl methyl sites for hydroxylation is 1. The van der Waals surface area contributed by atoms with Crippen LogP contribution in [0, 0.1) is 12.8 Å². The molecule has 0 amide bonds. The Kier molecular flexibility index (Phi) is 3.20. The van der Waals surface area contributed by atoms with E-state index >= 15 is 0 Å². The predicted octanol–water partition coefficient (Wildman–Crippen LogP) is 4.28. The average Bonchev–Trinajstić information content (AvgIpc) is 2.25. The lowest BCUT2D eigenvalue weighted by molar-refractivity contribution is 0.483. The van der Waals surface area contributed by atoms with Crippen LogP contribution in [0.1, 0.15) is 38.2 Å². The van der Waals surface area contributed by atoms with Gasteiger partial charge in [0.2, 0.25) is 0 Å². The van der Waals surface area contributed by atoms with E-state index in [1.165, 1.54) is 37.0 Å². The number of para-hydroxylation sites is 1. The maximum absolute atomic E-state index is 4.77. The zero-order valence-electron chi connectivity index (χ0n) is 9.66. The van der Waals surface area contributed by atoms with Crippen LogP contribution < -0.4 is 0 Å². The number of hydrogen-bond acceptors (Lipinski definition) is 1. The summed E-state index contributed by atoms with van der Waals surface area (Å²) in [5, 5.41) is 0. The summed E-state index contributed by atoms with van der Waals surface area (Å²) in [6, 6.07) is 8.38. The smallest absolute Gasteiger partial charge is 0.0658 e. The summed E-state index contributed by atoms with van der Waals surface area (Å²) >= 11 is 0. The van der Waals surface area contributed by atoms with E-state index in [0.717, 1.165) is 11.6 Å². The monoisotopic (exact) mass is 201 g/mol. The highest BCUT2D eigenvalue weighted by Crippen LogP contribution is 2.25. The van der Waals surface area contributed by atoms with E-state index in [9.17, 15) is 0 Å². The van der Waals surface area contributed by atoms with Crippen molar-refractivity contribution in [3.63, 3.8) is 0 Å². The van der Waals surface area contributed by atoms with E-state index in [-0.39, 0.29) is 0 Å². The van der Waals surface area contributed by atoms with E-state index in [4.69, 9.17) is 4.99 Å². The SMILES string of the molecule is Cc1ccccc1N=C1CCC(C)CC1. The molecule has 1 fully saturated rings. The second-order valence-electron chi connectivity index (χ2n) is 4.65. The first-order valence-electron chi connectivity index (χ1n) is 5.88. The van der Waals surface area contributed by atoms with Gasteiger partial charge in [-0.3, -0.25) is 4.99 Å². The summed E-state index contributed by atoms with van der Waals surface area (Å²) in [6.07, 6.45) is 5.00. The van der Waals surface area contributed by atoms with Crippen LogP contribution in [-0.2, 0) is 0 Å². The summed E-state index contributed by atoms with van der Waals surface area (Å²) in [4.78, 5) is 4.77. The Hall–Kier alpha value is -1.11. The van der Waals surface area contributed by atoms with Gasteiger partial charge in [0.05, 0.1) is 5.69 Å². The van der Waals surface area contributed by atoms with Gasteiger partial charge in [0, 0.05) is 5.71 Å². The Morgan fingerprint density at radius 2 is 1.80 bits per heavy atom. The molecule has 0 spiro atoms. The second-order valence-corrected chi connectivity index (χ2v) is 4.65. The van der Waals surface area contributed by atoms with E-state index < -0.39 is 0 Å². The Morgan fingerprint density at radius 1 is 1.13 bits per heavy atom. The van der Waals surface area contributed by atoms with Gasteiger partial charge >= 0.3 is 0 Å². The molecule has 0 N–H and O–H groups in total. The first kappa shape index (κ1) is 10.4. The summed E-state index contributed by atoms with van der Waals surface area (Å²) in [5.74, 6) is 0.890. The molecule has 15 heavy (non-hydrogen) atoms. The maximum atomic E-state index is 4.77. The minimum atomic E-state index is 0.890. The normalized spacial score (nSPS) is 21.5. The van der Waals surface area contributed by atoms with Crippen LogP contribution in [0.25, 0.3) is 0 Å². The third-order valence-electron chi connectivity index (χ3n) is 3.25. The first-order valence-corrected chi connectivity index (χ1v) is 5.88. The molecule has 0 atom stereocenters. The van der Waals surface area contributed by atoms with Crippen LogP contribution in [0.5, 0.6) is 0 Å². The Morgan fingerprint density at radius 3 is 2.47 bits per heavy atom. The molecular weight excluding hydrogens is 182 g/mol. The minimum absolute atomic E-state index is 0.890. The number of nitrogens with zero attached hydrogens (tertiary/aromatic N) is 1. The number of benzene rings is 1. The van der Waals surface area contributed by atoms with Crippen molar-refractivity contribution in [1.82, 2.24) is 0 Å². The lowest BCUT2D eigenvalue weighted by Crippen LogP contribution is -2.11. The van der Waals surface area contributed by atoms with Gasteiger partial charge in [-0.1, -0.05) is 25.1 Å². The first-order chi connectivity index (χ1) is 7.25. The van der Waals surface area contributed by atoms with Gasteiger partial charge in [-0.15, -0.1) is 0 Å². The lowest BCUT2D eigenvalue weighted by Gasteiger charge is -2.19. The largest absolute Gasteiger partial charge is 0.258 e. The summed E-state index contributed by atoms with van der Waals surface area (Å²) in [7, 11) is 0. The van der Waals surface area contributed by atoms with Gasteiger partial charge in [-0.25, -0.2) is 0 Å². The molecule has 1 aliphatic carbocycles. The van der Waals surface area contributed by atoms with Crippen molar-refractivity contribution >= 4 is 11.4 Å². The van der Waals surface area contributed by atoms with Crippen LogP contribution in [0.4, 0.5) is 5.69 Å². The Balaban J connectivity index is 2.13. The third-order valence-corrected chi connectivity index (χ3v) is 3.25. The van der Waals surface area contributed by atoms with Gasteiger partial charge in [0.15, 0.2) is 0 Å². The molecule has 1 nitrogen and oxygen atoms in total. The molecule has 2 rings (SSSR count). The molecular formula is C14H19N. The van der Waals surface area contributed by atoms with E-state index in [1.807, 2.05) is 0 Å². The average molecular weight is 201 g/mol. The van der Waals surface area contributed by atoms with E-state index in [0.29, 0.717) is 0 Å². The van der Waals surface area contributed by atoms with Crippen molar-refractivity contribution in [2.24, 2.45) is 10.9 Å². The van der Waals surface area contributed by atoms with Crippen LogP contribution >= 0.6 is 0 Å². The topological polar surface area (TPSA) is 12.4 Å². The standard InChI is InChI=1S/C14H19N/c1-11-7-9-13(10-8-11)15-14-6-4-3-5-12(14)2/h3-6,11H,7-10H2,1-2H3. The van der Waals surface area contributed by atoms with Gasteiger partial charge < -0.3 is 0 Å². The van der Waals surface area contributed by atoms with E-state index in [1.54, 1.807) is 0 Å². The van der Waals surface area contributed by atoms with Crippen LogP contribution in [0.2, 0.25) is 0 Å². The van der Waals surface area contributed by atoms with Gasteiger partial charge in [0.1, 0.15) is 0 Å². The van der Waals surface area contributed by atoms with Crippen molar-refractivity contribution in [2.45, 2.75) is 39.5 Å². The van der Waals surface area contributed by atoms with Crippen LogP contribution in [-0.4, -0.2) is 5.71 Å². The van der Waals surface area contributed by atoms with Crippen molar-refractivity contribution in [2.75, 3.05) is 0 Å².